The molecule has 0 radical (unpaired) electrons. The van der Waals surface area contributed by atoms with Gasteiger partial charge in [0, 0.05) is 22.1 Å². The van der Waals surface area contributed by atoms with Gasteiger partial charge in [0.05, 0.1) is 6.04 Å². The number of hydrogen-bond donors (Lipinski definition) is 1. The summed E-state index contributed by atoms with van der Waals surface area (Å²) in [4.78, 5) is 4.33. The van der Waals surface area contributed by atoms with Crippen LogP contribution < -0.4 is 5.32 Å². The van der Waals surface area contributed by atoms with Gasteiger partial charge in [-0.05, 0) is 31.5 Å². The van der Waals surface area contributed by atoms with Crippen molar-refractivity contribution in [2.45, 2.75) is 25.9 Å². The highest BCUT2D eigenvalue weighted by Crippen LogP contribution is 2.22. The Bertz CT molecular complexity index is 470. The number of benzene rings is 1. The number of thiazole rings is 1. The molecule has 0 aliphatic heterocycles. The molecule has 1 aromatic heterocycles. The SMILES string of the molecule is CC(NC(C)c1nccs1)c1cccc(Br)c1. The average Bonchev–Trinajstić information content (AvgIpc) is 2.82. The van der Waals surface area contributed by atoms with E-state index in [0.717, 1.165) is 9.48 Å². The summed E-state index contributed by atoms with van der Waals surface area (Å²) in [5.41, 5.74) is 1.28. The Balaban J connectivity index is 2.04. The minimum atomic E-state index is 0.281. The third-order valence-corrected chi connectivity index (χ3v) is 4.12. The van der Waals surface area contributed by atoms with Gasteiger partial charge in [-0.2, -0.15) is 0 Å². The van der Waals surface area contributed by atoms with E-state index in [2.05, 4.69) is 58.3 Å². The van der Waals surface area contributed by atoms with E-state index in [1.165, 1.54) is 5.56 Å². The number of aromatic nitrogens is 1. The molecule has 2 nitrogen and oxygen atoms in total. The van der Waals surface area contributed by atoms with Crippen molar-refractivity contribution in [2.24, 2.45) is 0 Å². The summed E-state index contributed by atoms with van der Waals surface area (Å²) in [5.74, 6) is 0. The number of hydrogen-bond acceptors (Lipinski definition) is 3. The van der Waals surface area contributed by atoms with Gasteiger partial charge in [0.1, 0.15) is 5.01 Å². The molecule has 4 heteroatoms. The van der Waals surface area contributed by atoms with Crippen LogP contribution in [0.1, 0.15) is 36.5 Å². The maximum atomic E-state index is 4.33. The summed E-state index contributed by atoms with van der Waals surface area (Å²) in [7, 11) is 0. The molecule has 2 aromatic rings. The van der Waals surface area contributed by atoms with Gasteiger partial charge in [0.2, 0.25) is 0 Å². The fourth-order valence-electron chi connectivity index (χ4n) is 1.77. The predicted octanol–water partition coefficient (Wildman–Crippen LogP) is 4.32. The molecule has 1 N–H and O–H groups in total. The number of nitrogens with zero attached hydrogens (tertiary/aromatic N) is 1. The van der Waals surface area contributed by atoms with Crippen LogP contribution >= 0.6 is 27.3 Å². The van der Waals surface area contributed by atoms with Crippen LogP contribution in [0.3, 0.4) is 0 Å². The van der Waals surface area contributed by atoms with Crippen LogP contribution in [-0.4, -0.2) is 4.98 Å². The lowest BCUT2D eigenvalue weighted by molar-refractivity contribution is 0.493. The minimum Gasteiger partial charge on any atom is -0.302 e. The second kappa shape index (κ2) is 5.76. The molecule has 0 aliphatic rings. The smallest absolute Gasteiger partial charge is 0.109 e. The van der Waals surface area contributed by atoms with Crippen LogP contribution in [0, 0.1) is 0 Å². The first-order valence-electron chi connectivity index (χ1n) is 5.57. The molecule has 2 atom stereocenters. The monoisotopic (exact) mass is 310 g/mol. The molecular formula is C13H15BrN2S. The van der Waals surface area contributed by atoms with Crippen LogP contribution in [0.15, 0.2) is 40.3 Å². The number of rotatable bonds is 4. The normalized spacial score (nSPS) is 14.5. The van der Waals surface area contributed by atoms with E-state index in [1.54, 1.807) is 11.3 Å². The van der Waals surface area contributed by atoms with E-state index in [0.29, 0.717) is 6.04 Å². The predicted molar refractivity (Wildman–Crippen MR) is 76.2 cm³/mol. The molecule has 0 aliphatic carbocycles. The molecule has 90 valence electrons. The second-order valence-corrected chi connectivity index (χ2v) is 5.88. The van der Waals surface area contributed by atoms with Crippen molar-refractivity contribution >= 4 is 27.3 Å². The molecule has 17 heavy (non-hydrogen) atoms. The lowest BCUT2D eigenvalue weighted by Crippen LogP contribution is -2.22. The van der Waals surface area contributed by atoms with Crippen molar-refractivity contribution in [1.29, 1.82) is 0 Å². The van der Waals surface area contributed by atoms with E-state index in [4.69, 9.17) is 0 Å². The van der Waals surface area contributed by atoms with Gasteiger partial charge in [-0.3, -0.25) is 0 Å². The lowest BCUT2D eigenvalue weighted by atomic mass is 10.1. The van der Waals surface area contributed by atoms with Crippen LogP contribution in [0.5, 0.6) is 0 Å². The van der Waals surface area contributed by atoms with Crippen LogP contribution in [0.2, 0.25) is 0 Å². The van der Waals surface area contributed by atoms with Gasteiger partial charge >= 0.3 is 0 Å². The lowest BCUT2D eigenvalue weighted by Gasteiger charge is -2.19. The zero-order valence-corrected chi connectivity index (χ0v) is 12.3. The summed E-state index contributed by atoms with van der Waals surface area (Å²) >= 11 is 5.19. The van der Waals surface area contributed by atoms with Crippen LogP contribution in [0.25, 0.3) is 0 Å². The largest absolute Gasteiger partial charge is 0.302 e. The fraction of sp³-hybridized carbons (Fsp3) is 0.308. The van der Waals surface area contributed by atoms with Gasteiger partial charge in [-0.1, -0.05) is 28.1 Å². The molecule has 0 spiro atoms. The molecule has 1 aromatic carbocycles. The molecule has 0 bridgehead atoms. The first-order valence-corrected chi connectivity index (χ1v) is 7.25. The number of nitrogens with one attached hydrogen (secondary N) is 1. The summed E-state index contributed by atoms with van der Waals surface area (Å²) in [6.07, 6.45) is 1.85. The van der Waals surface area contributed by atoms with E-state index in [1.807, 2.05) is 17.6 Å². The van der Waals surface area contributed by atoms with Crippen molar-refractivity contribution in [3.63, 3.8) is 0 Å². The Morgan fingerprint density at radius 1 is 1.29 bits per heavy atom. The second-order valence-electron chi connectivity index (χ2n) is 4.04. The molecular weight excluding hydrogens is 296 g/mol. The van der Waals surface area contributed by atoms with E-state index in [-0.39, 0.29) is 6.04 Å². The fourth-order valence-corrected chi connectivity index (χ4v) is 2.84. The molecule has 0 saturated carbocycles. The van der Waals surface area contributed by atoms with Crippen molar-refractivity contribution in [3.8, 4) is 0 Å². The highest BCUT2D eigenvalue weighted by molar-refractivity contribution is 9.10. The quantitative estimate of drug-likeness (QED) is 0.909. The highest BCUT2D eigenvalue weighted by atomic mass is 79.9. The molecule has 2 unspecified atom stereocenters. The third-order valence-electron chi connectivity index (χ3n) is 2.67. The Morgan fingerprint density at radius 3 is 2.76 bits per heavy atom. The van der Waals surface area contributed by atoms with Crippen molar-refractivity contribution in [1.82, 2.24) is 10.3 Å². The van der Waals surface area contributed by atoms with E-state index in [9.17, 15) is 0 Å². The topological polar surface area (TPSA) is 24.9 Å². The standard InChI is InChI=1S/C13H15BrN2S/c1-9(11-4-3-5-12(14)8-11)16-10(2)13-15-6-7-17-13/h3-10,16H,1-2H3. The minimum absolute atomic E-state index is 0.281. The summed E-state index contributed by atoms with van der Waals surface area (Å²) in [6, 6.07) is 8.98. The van der Waals surface area contributed by atoms with Crippen molar-refractivity contribution < 1.29 is 0 Å². The number of halogens is 1. The van der Waals surface area contributed by atoms with Gasteiger partial charge in [0.15, 0.2) is 0 Å². The zero-order chi connectivity index (χ0) is 12.3. The molecule has 0 saturated heterocycles. The first kappa shape index (κ1) is 12.7. The Labute approximate surface area is 114 Å². The summed E-state index contributed by atoms with van der Waals surface area (Å²) < 4.78 is 1.12. The Morgan fingerprint density at radius 2 is 2.12 bits per heavy atom. The zero-order valence-electron chi connectivity index (χ0n) is 9.85. The molecule has 0 fully saturated rings. The highest BCUT2D eigenvalue weighted by Gasteiger charge is 2.12. The van der Waals surface area contributed by atoms with Gasteiger partial charge in [-0.25, -0.2) is 4.98 Å². The molecule has 1 heterocycles. The van der Waals surface area contributed by atoms with E-state index >= 15 is 0 Å². The van der Waals surface area contributed by atoms with Gasteiger partial charge < -0.3 is 5.32 Å². The Kier molecular flexibility index (Phi) is 4.31. The van der Waals surface area contributed by atoms with Gasteiger partial charge in [0.25, 0.3) is 0 Å². The van der Waals surface area contributed by atoms with Crippen LogP contribution in [-0.2, 0) is 0 Å². The van der Waals surface area contributed by atoms with Crippen molar-refractivity contribution in [3.05, 3.63) is 50.9 Å². The van der Waals surface area contributed by atoms with Crippen LogP contribution in [0.4, 0.5) is 0 Å². The summed E-state index contributed by atoms with van der Waals surface area (Å²) in [6.45, 7) is 4.32. The first-order chi connectivity index (χ1) is 8.16. The maximum absolute atomic E-state index is 4.33. The van der Waals surface area contributed by atoms with Gasteiger partial charge in [-0.15, -0.1) is 11.3 Å². The van der Waals surface area contributed by atoms with E-state index < -0.39 is 0 Å². The third kappa shape index (κ3) is 3.37. The Hall–Kier alpha value is -0.710. The average molecular weight is 311 g/mol. The maximum Gasteiger partial charge on any atom is 0.109 e. The summed E-state index contributed by atoms with van der Waals surface area (Å²) in [5, 5.41) is 6.70. The molecule has 2 rings (SSSR count). The van der Waals surface area contributed by atoms with Crippen molar-refractivity contribution in [2.75, 3.05) is 0 Å². The molecule has 0 amide bonds.